The lowest BCUT2D eigenvalue weighted by Gasteiger charge is -2.26. The number of furan rings is 1. The fourth-order valence-corrected chi connectivity index (χ4v) is 2.55. The van der Waals surface area contributed by atoms with Crippen LogP contribution in [-0.2, 0) is 6.54 Å². The summed E-state index contributed by atoms with van der Waals surface area (Å²) in [5.41, 5.74) is 0.395. The van der Waals surface area contributed by atoms with Crippen LogP contribution in [0.5, 0.6) is 0 Å². The molecule has 0 unspecified atom stereocenters. The van der Waals surface area contributed by atoms with E-state index in [1.165, 1.54) is 12.1 Å². The third-order valence-electron chi connectivity index (χ3n) is 3.18. The van der Waals surface area contributed by atoms with Crippen molar-refractivity contribution < 1.29 is 19.1 Å². The molecule has 1 aromatic heterocycles. The van der Waals surface area contributed by atoms with Crippen molar-refractivity contribution in [3.63, 3.8) is 0 Å². The van der Waals surface area contributed by atoms with Gasteiger partial charge in [-0.15, -0.1) is 0 Å². The number of aromatic carboxylic acids is 1. The summed E-state index contributed by atoms with van der Waals surface area (Å²) in [5.74, 6) is -0.636. The molecule has 0 saturated heterocycles. The van der Waals surface area contributed by atoms with E-state index < -0.39 is 5.97 Å². The van der Waals surface area contributed by atoms with Gasteiger partial charge >= 0.3 is 5.97 Å². The molecule has 0 aliphatic carbocycles. The van der Waals surface area contributed by atoms with Crippen LogP contribution in [-0.4, -0.2) is 27.9 Å². The molecule has 6 heteroatoms. The van der Waals surface area contributed by atoms with Crippen LogP contribution in [0.25, 0.3) is 0 Å². The number of carbonyl (C=O) groups excluding carboxylic acids is 1. The zero-order valence-corrected chi connectivity index (χ0v) is 13.8. The molecular formula is C16H16BrNO4. The summed E-state index contributed by atoms with van der Waals surface area (Å²) in [6.45, 7) is 4.13. The molecule has 1 N–H and O–H groups in total. The first-order valence-corrected chi connectivity index (χ1v) is 7.55. The highest BCUT2D eigenvalue weighted by atomic mass is 79.9. The Morgan fingerprint density at radius 2 is 1.95 bits per heavy atom. The molecule has 0 bridgehead atoms. The molecule has 0 radical (unpaired) electrons. The summed E-state index contributed by atoms with van der Waals surface area (Å²) < 4.78 is 5.84. The largest absolute Gasteiger partial charge is 0.478 e. The fraction of sp³-hybridized carbons (Fsp3) is 0.250. The van der Waals surface area contributed by atoms with Crippen molar-refractivity contribution in [1.29, 1.82) is 0 Å². The van der Waals surface area contributed by atoms with Gasteiger partial charge in [0, 0.05) is 16.1 Å². The van der Waals surface area contributed by atoms with E-state index in [1.54, 1.807) is 29.4 Å². The predicted octanol–water partition coefficient (Wildman–Crippen LogP) is 3.79. The number of benzene rings is 1. The van der Waals surface area contributed by atoms with Gasteiger partial charge in [-0.1, -0.05) is 15.9 Å². The molecule has 0 atom stereocenters. The van der Waals surface area contributed by atoms with Gasteiger partial charge in [-0.3, -0.25) is 4.79 Å². The molecule has 2 rings (SSSR count). The molecule has 1 amide bonds. The molecule has 0 aliphatic heterocycles. The van der Waals surface area contributed by atoms with Crippen LogP contribution in [0.2, 0.25) is 0 Å². The van der Waals surface area contributed by atoms with Crippen molar-refractivity contribution in [1.82, 2.24) is 4.90 Å². The average molecular weight is 366 g/mol. The van der Waals surface area contributed by atoms with Crippen LogP contribution in [0, 0.1) is 0 Å². The van der Waals surface area contributed by atoms with Gasteiger partial charge in [0.05, 0.1) is 18.4 Å². The lowest BCUT2D eigenvalue weighted by molar-refractivity contribution is 0.0676. The summed E-state index contributed by atoms with van der Waals surface area (Å²) >= 11 is 3.24. The van der Waals surface area contributed by atoms with Crippen molar-refractivity contribution in [2.75, 3.05) is 0 Å². The molecule has 1 aromatic carbocycles. The monoisotopic (exact) mass is 365 g/mol. The Kier molecular flexibility index (Phi) is 5.03. The second kappa shape index (κ2) is 6.79. The van der Waals surface area contributed by atoms with Crippen molar-refractivity contribution in [2.45, 2.75) is 26.4 Å². The lowest BCUT2D eigenvalue weighted by Crippen LogP contribution is -2.36. The minimum Gasteiger partial charge on any atom is -0.478 e. The van der Waals surface area contributed by atoms with Gasteiger partial charge in [-0.05, 0) is 44.2 Å². The van der Waals surface area contributed by atoms with Gasteiger partial charge in [-0.2, -0.15) is 0 Å². The van der Waals surface area contributed by atoms with E-state index in [4.69, 9.17) is 9.52 Å². The maximum atomic E-state index is 12.7. The molecule has 0 fully saturated rings. The van der Waals surface area contributed by atoms with Crippen LogP contribution in [0.4, 0.5) is 0 Å². The van der Waals surface area contributed by atoms with Crippen molar-refractivity contribution >= 4 is 27.8 Å². The normalized spacial score (nSPS) is 10.7. The third-order valence-corrected chi connectivity index (χ3v) is 3.64. The Morgan fingerprint density at radius 1 is 1.27 bits per heavy atom. The zero-order valence-electron chi connectivity index (χ0n) is 12.2. The molecule has 0 aliphatic rings. The van der Waals surface area contributed by atoms with E-state index in [2.05, 4.69) is 15.9 Å². The standard InChI is InChI=1S/C16H16BrNO4/c1-10(2)18(9-14-4-3-5-22-14)15(19)11-6-12(16(20)21)8-13(17)7-11/h3-8,10H,9H2,1-2H3,(H,20,21). The number of amides is 1. The zero-order chi connectivity index (χ0) is 16.3. The van der Waals surface area contributed by atoms with E-state index in [0.29, 0.717) is 22.3 Å². The van der Waals surface area contributed by atoms with E-state index in [1.807, 2.05) is 13.8 Å². The summed E-state index contributed by atoms with van der Waals surface area (Å²) in [7, 11) is 0. The van der Waals surface area contributed by atoms with Crippen molar-refractivity contribution in [2.24, 2.45) is 0 Å². The maximum Gasteiger partial charge on any atom is 0.335 e. The molecular weight excluding hydrogens is 350 g/mol. The van der Waals surface area contributed by atoms with E-state index in [9.17, 15) is 9.59 Å². The predicted molar refractivity (Wildman–Crippen MR) is 84.8 cm³/mol. The van der Waals surface area contributed by atoms with Gasteiger partial charge in [0.15, 0.2) is 0 Å². The Morgan fingerprint density at radius 3 is 2.50 bits per heavy atom. The number of carbonyl (C=O) groups is 2. The Bertz CT molecular complexity index is 679. The number of carboxylic acid groups (broad SMARTS) is 1. The van der Waals surface area contributed by atoms with Crippen molar-refractivity contribution in [3.8, 4) is 0 Å². The topological polar surface area (TPSA) is 70.8 Å². The summed E-state index contributed by atoms with van der Waals surface area (Å²) in [6, 6.07) is 7.97. The summed E-state index contributed by atoms with van der Waals surface area (Å²) in [6.07, 6.45) is 1.56. The second-order valence-corrected chi connectivity index (χ2v) is 6.06. The number of rotatable bonds is 5. The molecule has 116 valence electrons. The highest BCUT2D eigenvalue weighted by Crippen LogP contribution is 2.20. The SMILES string of the molecule is CC(C)N(Cc1ccco1)C(=O)c1cc(Br)cc(C(=O)O)c1. The Labute approximate surface area is 136 Å². The first kappa shape index (κ1) is 16.3. The number of halogens is 1. The molecule has 2 aromatic rings. The molecule has 0 saturated carbocycles. The maximum absolute atomic E-state index is 12.7. The highest BCUT2D eigenvalue weighted by molar-refractivity contribution is 9.10. The van der Waals surface area contributed by atoms with Gasteiger partial charge in [0.25, 0.3) is 5.91 Å². The van der Waals surface area contributed by atoms with Crippen LogP contribution in [0.1, 0.15) is 40.3 Å². The summed E-state index contributed by atoms with van der Waals surface area (Å²) in [4.78, 5) is 25.5. The van der Waals surface area contributed by atoms with E-state index in [0.717, 1.165) is 0 Å². The van der Waals surface area contributed by atoms with E-state index in [-0.39, 0.29) is 17.5 Å². The van der Waals surface area contributed by atoms with Crippen LogP contribution in [0.3, 0.4) is 0 Å². The van der Waals surface area contributed by atoms with E-state index >= 15 is 0 Å². The van der Waals surface area contributed by atoms with Crippen LogP contribution in [0.15, 0.2) is 45.5 Å². The molecule has 22 heavy (non-hydrogen) atoms. The minimum atomic E-state index is -1.07. The van der Waals surface area contributed by atoms with Crippen LogP contribution < -0.4 is 0 Å². The van der Waals surface area contributed by atoms with Gasteiger partial charge in [0.1, 0.15) is 5.76 Å². The number of carboxylic acids is 1. The number of nitrogens with zero attached hydrogens (tertiary/aromatic N) is 1. The second-order valence-electron chi connectivity index (χ2n) is 5.14. The quantitative estimate of drug-likeness (QED) is 0.874. The fourth-order valence-electron chi connectivity index (χ4n) is 2.06. The smallest absolute Gasteiger partial charge is 0.335 e. The van der Waals surface area contributed by atoms with Gasteiger partial charge < -0.3 is 14.4 Å². The first-order chi connectivity index (χ1) is 10.4. The average Bonchev–Trinajstić information content (AvgIpc) is 2.96. The highest BCUT2D eigenvalue weighted by Gasteiger charge is 2.21. The lowest BCUT2D eigenvalue weighted by atomic mass is 10.1. The third kappa shape index (κ3) is 3.76. The Hall–Kier alpha value is -2.08. The number of hydrogen-bond acceptors (Lipinski definition) is 3. The number of hydrogen-bond donors (Lipinski definition) is 1. The van der Waals surface area contributed by atoms with Gasteiger partial charge in [-0.25, -0.2) is 4.79 Å². The molecule has 0 spiro atoms. The molecule has 1 heterocycles. The minimum absolute atomic E-state index is 0.0511. The Balaban J connectivity index is 2.32. The van der Waals surface area contributed by atoms with Gasteiger partial charge in [0.2, 0.25) is 0 Å². The summed E-state index contributed by atoms with van der Waals surface area (Å²) in [5, 5.41) is 9.11. The first-order valence-electron chi connectivity index (χ1n) is 6.75. The van der Waals surface area contributed by atoms with Crippen LogP contribution >= 0.6 is 15.9 Å². The van der Waals surface area contributed by atoms with Crippen molar-refractivity contribution in [3.05, 3.63) is 58.0 Å². The molecule has 5 nitrogen and oxygen atoms in total.